The van der Waals surface area contributed by atoms with E-state index in [1.165, 1.54) is 0 Å². The van der Waals surface area contributed by atoms with Crippen molar-refractivity contribution in [3.63, 3.8) is 0 Å². The molecular formula is C27H31N3O3. The van der Waals surface area contributed by atoms with E-state index in [0.717, 1.165) is 17.1 Å². The Balaban J connectivity index is 1.53. The van der Waals surface area contributed by atoms with Gasteiger partial charge in [-0.05, 0) is 61.4 Å². The number of hydrogen-bond acceptors (Lipinski definition) is 4. The molecule has 0 spiro atoms. The van der Waals surface area contributed by atoms with Gasteiger partial charge in [0.05, 0.1) is 13.2 Å². The van der Waals surface area contributed by atoms with E-state index in [1.54, 1.807) is 29.2 Å². The summed E-state index contributed by atoms with van der Waals surface area (Å²) in [6.45, 7) is 7.43. The average molecular weight is 446 g/mol. The number of rotatable bonds is 10. The Morgan fingerprint density at radius 2 is 1.64 bits per heavy atom. The molecular weight excluding hydrogens is 414 g/mol. The van der Waals surface area contributed by atoms with Gasteiger partial charge in [0.2, 0.25) is 5.91 Å². The summed E-state index contributed by atoms with van der Waals surface area (Å²) in [4.78, 5) is 27.0. The number of carbonyl (C=O) groups excluding carboxylic acids is 2. The number of ether oxygens (including phenoxy) is 1. The zero-order valence-corrected chi connectivity index (χ0v) is 19.4. The molecule has 0 saturated carbocycles. The molecule has 33 heavy (non-hydrogen) atoms. The predicted octanol–water partition coefficient (Wildman–Crippen LogP) is 5.44. The minimum absolute atomic E-state index is 0.0624. The third kappa shape index (κ3) is 7.10. The lowest BCUT2D eigenvalue weighted by molar-refractivity contribution is -0.114. The molecule has 0 saturated heterocycles. The second-order valence-electron chi connectivity index (χ2n) is 8.10. The Morgan fingerprint density at radius 1 is 0.909 bits per heavy atom. The Kier molecular flexibility index (Phi) is 8.47. The molecule has 2 N–H and O–H groups in total. The first-order valence-electron chi connectivity index (χ1n) is 11.2. The summed E-state index contributed by atoms with van der Waals surface area (Å²) >= 11 is 0. The molecule has 3 aromatic rings. The van der Waals surface area contributed by atoms with Gasteiger partial charge >= 0.3 is 0 Å². The highest BCUT2D eigenvalue weighted by atomic mass is 16.5. The van der Waals surface area contributed by atoms with Crippen LogP contribution in [0.3, 0.4) is 0 Å². The molecule has 0 bridgehead atoms. The lowest BCUT2D eigenvalue weighted by Crippen LogP contribution is -2.30. The van der Waals surface area contributed by atoms with E-state index < -0.39 is 0 Å². The SMILES string of the molecule is CCN(C(=O)c1ccc(NCC(=O)Nc2cccc(OCC(C)C)c2)cc1)c1ccccc1. The quantitative estimate of drug-likeness (QED) is 0.436. The maximum Gasteiger partial charge on any atom is 0.258 e. The van der Waals surface area contributed by atoms with Gasteiger partial charge in [-0.1, -0.05) is 38.1 Å². The smallest absolute Gasteiger partial charge is 0.258 e. The molecule has 2 amide bonds. The summed E-state index contributed by atoms with van der Waals surface area (Å²) in [6.07, 6.45) is 0. The number of hydrogen-bond donors (Lipinski definition) is 2. The van der Waals surface area contributed by atoms with Gasteiger partial charge in [-0.3, -0.25) is 9.59 Å². The monoisotopic (exact) mass is 445 g/mol. The van der Waals surface area contributed by atoms with Gasteiger partial charge in [0.1, 0.15) is 5.75 Å². The van der Waals surface area contributed by atoms with Crippen molar-refractivity contribution in [3.05, 3.63) is 84.4 Å². The van der Waals surface area contributed by atoms with Crippen LogP contribution in [-0.2, 0) is 4.79 Å². The van der Waals surface area contributed by atoms with Crippen LogP contribution in [0.2, 0.25) is 0 Å². The van der Waals surface area contributed by atoms with Crippen LogP contribution in [0.15, 0.2) is 78.9 Å². The van der Waals surface area contributed by atoms with E-state index in [4.69, 9.17) is 4.74 Å². The third-order valence-corrected chi connectivity index (χ3v) is 4.92. The highest BCUT2D eigenvalue weighted by Gasteiger charge is 2.15. The number of benzene rings is 3. The van der Waals surface area contributed by atoms with Crippen molar-refractivity contribution >= 4 is 28.9 Å². The van der Waals surface area contributed by atoms with Crippen LogP contribution in [0, 0.1) is 5.92 Å². The highest BCUT2D eigenvalue weighted by Crippen LogP contribution is 2.19. The molecule has 0 atom stereocenters. The number of anilines is 3. The minimum atomic E-state index is -0.169. The van der Waals surface area contributed by atoms with Gasteiger partial charge in [0.25, 0.3) is 5.91 Å². The fourth-order valence-corrected chi connectivity index (χ4v) is 3.25. The largest absolute Gasteiger partial charge is 0.493 e. The van der Waals surface area contributed by atoms with E-state index in [0.29, 0.717) is 30.3 Å². The topological polar surface area (TPSA) is 70.7 Å². The number of para-hydroxylation sites is 1. The highest BCUT2D eigenvalue weighted by molar-refractivity contribution is 6.06. The van der Waals surface area contributed by atoms with Crippen molar-refractivity contribution in [3.8, 4) is 5.75 Å². The van der Waals surface area contributed by atoms with Crippen LogP contribution in [0.5, 0.6) is 5.75 Å². The Hall–Kier alpha value is -3.80. The molecule has 0 aliphatic heterocycles. The molecule has 3 aromatic carbocycles. The van der Waals surface area contributed by atoms with Crippen LogP contribution in [0.25, 0.3) is 0 Å². The van der Waals surface area contributed by atoms with E-state index in [-0.39, 0.29) is 18.4 Å². The molecule has 6 nitrogen and oxygen atoms in total. The number of amides is 2. The first-order chi connectivity index (χ1) is 16.0. The molecule has 0 radical (unpaired) electrons. The summed E-state index contributed by atoms with van der Waals surface area (Å²) < 4.78 is 5.70. The van der Waals surface area contributed by atoms with Gasteiger partial charge in [0.15, 0.2) is 0 Å². The molecule has 172 valence electrons. The molecule has 0 aromatic heterocycles. The van der Waals surface area contributed by atoms with Crippen LogP contribution < -0.4 is 20.3 Å². The van der Waals surface area contributed by atoms with Crippen molar-refractivity contribution < 1.29 is 14.3 Å². The zero-order chi connectivity index (χ0) is 23.6. The third-order valence-electron chi connectivity index (χ3n) is 4.92. The summed E-state index contributed by atoms with van der Waals surface area (Å²) in [7, 11) is 0. The predicted molar refractivity (Wildman–Crippen MR) is 134 cm³/mol. The van der Waals surface area contributed by atoms with Crippen LogP contribution in [-0.4, -0.2) is 31.5 Å². The Labute approximate surface area is 195 Å². The van der Waals surface area contributed by atoms with Gasteiger partial charge < -0.3 is 20.3 Å². The lowest BCUT2D eigenvalue weighted by Gasteiger charge is -2.21. The van der Waals surface area contributed by atoms with Gasteiger partial charge in [-0.2, -0.15) is 0 Å². The first kappa shape index (κ1) is 23.9. The van der Waals surface area contributed by atoms with Crippen LogP contribution >= 0.6 is 0 Å². The fourth-order valence-electron chi connectivity index (χ4n) is 3.25. The standard InChI is InChI=1S/C27H31N3O3/c1-4-30(24-10-6-5-7-11-24)27(32)21-13-15-22(16-14-21)28-18-26(31)29-23-9-8-12-25(17-23)33-19-20(2)3/h5-17,20,28H,4,18-19H2,1-3H3,(H,29,31). The summed E-state index contributed by atoms with van der Waals surface area (Å²) in [6, 6.07) is 24.1. The average Bonchev–Trinajstić information content (AvgIpc) is 2.83. The molecule has 3 rings (SSSR count). The molecule has 0 fully saturated rings. The number of nitrogens with one attached hydrogen (secondary N) is 2. The Bertz CT molecular complexity index is 1050. The van der Waals surface area contributed by atoms with Crippen molar-refractivity contribution in [2.24, 2.45) is 5.92 Å². The lowest BCUT2D eigenvalue weighted by atomic mass is 10.1. The van der Waals surface area contributed by atoms with E-state index in [9.17, 15) is 9.59 Å². The normalized spacial score (nSPS) is 10.5. The maximum atomic E-state index is 12.9. The van der Waals surface area contributed by atoms with Crippen molar-refractivity contribution in [1.82, 2.24) is 0 Å². The van der Waals surface area contributed by atoms with Gasteiger partial charge in [-0.15, -0.1) is 0 Å². The van der Waals surface area contributed by atoms with E-state index in [2.05, 4.69) is 24.5 Å². The first-order valence-corrected chi connectivity index (χ1v) is 11.2. The summed E-state index contributed by atoms with van der Waals surface area (Å²) in [5.41, 5.74) is 2.90. The molecule has 0 heterocycles. The number of nitrogens with zero attached hydrogens (tertiary/aromatic N) is 1. The van der Waals surface area contributed by atoms with Crippen molar-refractivity contribution in [2.45, 2.75) is 20.8 Å². The zero-order valence-electron chi connectivity index (χ0n) is 19.4. The molecule has 0 aliphatic carbocycles. The van der Waals surface area contributed by atoms with Crippen LogP contribution in [0.1, 0.15) is 31.1 Å². The summed E-state index contributed by atoms with van der Waals surface area (Å²) in [5, 5.41) is 5.96. The maximum absolute atomic E-state index is 12.9. The van der Waals surface area contributed by atoms with Crippen LogP contribution in [0.4, 0.5) is 17.1 Å². The Morgan fingerprint density at radius 3 is 2.30 bits per heavy atom. The van der Waals surface area contributed by atoms with Crippen molar-refractivity contribution in [2.75, 3.05) is 35.2 Å². The van der Waals surface area contributed by atoms with E-state index >= 15 is 0 Å². The summed E-state index contributed by atoms with van der Waals surface area (Å²) in [5.74, 6) is 0.925. The van der Waals surface area contributed by atoms with Crippen molar-refractivity contribution in [1.29, 1.82) is 0 Å². The second kappa shape index (κ2) is 11.7. The molecule has 6 heteroatoms. The molecule has 0 unspecified atom stereocenters. The molecule has 0 aliphatic rings. The minimum Gasteiger partial charge on any atom is -0.493 e. The van der Waals surface area contributed by atoms with E-state index in [1.807, 2.05) is 61.5 Å². The fraction of sp³-hybridized carbons (Fsp3) is 0.259. The van der Waals surface area contributed by atoms with Gasteiger partial charge in [0, 0.05) is 35.2 Å². The number of carbonyl (C=O) groups is 2. The van der Waals surface area contributed by atoms with Gasteiger partial charge in [-0.25, -0.2) is 0 Å². The second-order valence-corrected chi connectivity index (χ2v) is 8.10.